The third-order valence-corrected chi connectivity index (χ3v) is 4.74. The summed E-state index contributed by atoms with van der Waals surface area (Å²) in [6.07, 6.45) is 0.673. The van der Waals surface area contributed by atoms with Crippen LogP contribution >= 0.6 is 7.82 Å². The molecule has 0 aromatic heterocycles. The summed E-state index contributed by atoms with van der Waals surface area (Å²) >= 11 is 0. The van der Waals surface area contributed by atoms with Crippen LogP contribution < -0.4 is 18.3 Å². The Bertz CT molecular complexity index is 898. The monoisotopic (exact) mass is 384 g/mol. The molecule has 0 saturated heterocycles. The number of ether oxygens (including phenoxy) is 1. The molecule has 0 N–H and O–H groups in total. The van der Waals surface area contributed by atoms with Crippen molar-refractivity contribution in [3.63, 3.8) is 0 Å². The van der Waals surface area contributed by atoms with Crippen molar-refractivity contribution < 1.29 is 27.7 Å². The molecule has 0 atom stereocenters. The quantitative estimate of drug-likeness (QED) is 0.395. The van der Waals surface area contributed by atoms with Crippen molar-refractivity contribution in [2.75, 3.05) is 7.11 Å². The van der Waals surface area contributed by atoms with Crippen LogP contribution in [0.1, 0.15) is 10.4 Å². The SMILES string of the molecule is COc1cc(C=O)ccc1OP(=O)(Oc1ccccc1)Oc1ccccc1. The Labute approximate surface area is 156 Å². The van der Waals surface area contributed by atoms with Gasteiger partial charge in [-0.3, -0.25) is 4.79 Å². The van der Waals surface area contributed by atoms with Crippen molar-refractivity contribution in [3.05, 3.63) is 84.4 Å². The maximum absolute atomic E-state index is 13.4. The largest absolute Gasteiger partial charge is 0.647 e. The van der Waals surface area contributed by atoms with E-state index in [2.05, 4.69) is 0 Å². The lowest BCUT2D eigenvalue weighted by Gasteiger charge is -2.20. The fourth-order valence-electron chi connectivity index (χ4n) is 2.23. The summed E-state index contributed by atoms with van der Waals surface area (Å²) in [5, 5.41) is 0. The van der Waals surface area contributed by atoms with Crippen molar-refractivity contribution in [3.8, 4) is 23.0 Å². The Morgan fingerprint density at radius 1 is 0.741 bits per heavy atom. The van der Waals surface area contributed by atoms with Gasteiger partial charge in [-0.2, -0.15) is 4.57 Å². The number of hydrogen-bond donors (Lipinski definition) is 0. The first-order valence-corrected chi connectivity index (χ1v) is 9.50. The van der Waals surface area contributed by atoms with Gasteiger partial charge in [-0.25, -0.2) is 0 Å². The molecule has 0 aliphatic heterocycles. The molecule has 138 valence electrons. The summed E-state index contributed by atoms with van der Waals surface area (Å²) in [4.78, 5) is 11.0. The smallest absolute Gasteiger partial charge is 0.493 e. The van der Waals surface area contributed by atoms with Gasteiger partial charge >= 0.3 is 7.82 Å². The topological polar surface area (TPSA) is 71.1 Å². The second-order valence-corrected chi connectivity index (χ2v) is 6.82. The number of benzene rings is 3. The minimum atomic E-state index is -4.12. The van der Waals surface area contributed by atoms with E-state index in [1.165, 1.54) is 25.3 Å². The Balaban J connectivity index is 1.94. The molecular formula is C20H17O6P. The molecule has 3 aromatic carbocycles. The van der Waals surface area contributed by atoms with Crippen molar-refractivity contribution >= 4 is 14.1 Å². The van der Waals surface area contributed by atoms with Crippen LogP contribution in [0.5, 0.6) is 23.0 Å². The third-order valence-electron chi connectivity index (χ3n) is 3.45. The van der Waals surface area contributed by atoms with Crippen LogP contribution in [0.2, 0.25) is 0 Å². The second kappa shape index (κ2) is 8.43. The van der Waals surface area contributed by atoms with Gasteiger partial charge in [0.1, 0.15) is 17.8 Å². The highest BCUT2D eigenvalue weighted by molar-refractivity contribution is 7.49. The Kier molecular flexibility index (Phi) is 5.79. The number of carbonyl (C=O) groups is 1. The molecule has 27 heavy (non-hydrogen) atoms. The number of methoxy groups -OCH3 is 1. The number of carbonyl (C=O) groups excluding carboxylic acids is 1. The zero-order chi connectivity index (χ0) is 19.1. The van der Waals surface area contributed by atoms with Crippen LogP contribution in [-0.4, -0.2) is 13.4 Å². The average molecular weight is 384 g/mol. The predicted octanol–water partition coefficient (Wildman–Crippen LogP) is 5.15. The van der Waals surface area contributed by atoms with Gasteiger partial charge in [-0.15, -0.1) is 0 Å². The summed E-state index contributed by atoms with van der Waals surface area (Å²) in [6.45, 7) is 0. The van der Waals surface area contributed by atoms with E-state index in [9.17, 15) is 9.36 Å². The number of aldehydes is 1. The van der Waals surface area contributed by atoms with Crippen molar-refractivity contribution in [1.82, 2.24) is 0 Å². The molecule has 7 heteroatoms. The molecule has 0 aliphatic carbocycles. The Hall–Kier alpha value is -3.24. The van der Waals surface area contributed by atoms with Crippen LogP contribution in [-0.2, 0) is 4.57 Å². The van der Waals surface area contributed by atoms with Crippen LogP contribution in [0.4, 0.5) is 0 Å². The highest BCUT2D eigenvalue weighted by Crippen LogP contribution is 2.51. The standard InChI is InChI=1S/C20H17O6P/c1-23-20-14-16(15-21)12-13-19(20)26-27(22,24-17-8-4-2-5-9-17)25-18-10-6-3-7-11-18/h2-15H,1H3. The molecule has 0 saturated carbocycles. The second-order valence-electron chi connectivity index (χ2n) is 5.38. The van der Waals surface area contributed by atoms with Crippen LogP contribution in [0.25, 0.3) is 0 Å². The molecule has 0 amide bonds. The molecule has 6 nitrogen and oxygen atoms in total. The van der Waals surface area contributed by atoms with E-state index in [4.69, 9.17) is 18.3 Å². The number of phosphoric ester groups is 1. The normalized spacial score (nSPS) is 10.7. The van der Waals surface area contributed by atoms with Gasteiger partial charge in [-0.05, 0) is 42.5 Å². The lowest BCUT2D eigenvalue weighted by atomic mass is 10.2. The fraction of sp³-hybridized carbons (Fsp3) is 0.0500. The maximum Gasteiger partial charge on any atom is 0.647 e. The van der Waals surface area contributed by atoms with Gasteiger partial charge in [0.05, 0.1) is 7.11 Å². The number of phosphoric acid groups is 1. The molecule has 0 unspecified atom stereocenters. The molecule has 0 spiro atoms. The highest BCUT2D eigenvalue weighted by atomic mass is 31.2. The van der Waals surface area contributed by atoms with Crippen molar-refractivity contribution in [2.24, 2.45) is 0 Å². The summed E-state index contributed by atoms with van der Waals surface area (Å²) in [5.41, 5.74) is 0.391. The first-order chi connectivity index (χ1) is 13.1. The van der Waals surface area contributed by atoms with E-state index in [-0.39, 0.29) is 11.5 Å². The van der Waals surface area contributed by atoms with Gasteiger partial charge in [0.2, 0.25) is 0 Å². The van der Waals surface area contributed by atoms with E-state index in [0.717, 1.165) is 0 Å². The first kappa shape index (κ1) is 18.5. The average Bonchev–Trinajstić information content (AvgIpc) is 2.69. The van der Waals surface area contributed by atoms with Gasteiger partial charge in [0.25, 0.3) is 0 Å². The van der Waals surface area contributed by atoms with Crippen molar-refractivity contribution in [2.45, 2.75) is 0 Å². The van der Waals surface area contributed by atoms with E-state index in [1.54, 1.807) is 60.7 Å². The highest BCUT2D eigenvalue weighted by Gasteiger charge is 2.34. The van der Waals surface area contributed by atoms with Crippen molar-refractivity contribution in [1.29, 1.82) is 0 Å². The summed E-state index contributed by atoms with van der Waals surface area (Å²) < 4.78 is 35.3. The van der Waals surface area contributed by atoms with Gasteiger partial charge in [0.15, 0.2) is 11.5 Å². The van der Waals surface area contributed by atoms with E-state index in [0.29, 0.717) is 23.3 Å². The molecule has 3 rings (SSSR count). The van der Waals surface area contributed by atoms with E-state index < -0.39 is 7.82 Å². The maximum atomic E-state index is 13.4. The summed E-state index contributed by atoms with van der Waals surface area (Å²) in [7, 11) is -2.70. The Morgan fingerprint density at radius 3 is 1.78 bits per heavy atom. The third kappa shape index (κ3) is 4.90. The van der Waals surface area contributed by atoms with Gasteiger partial charge in [0, 0.05) is 5.56 Å². The minimum absolute atomic E-state index is 0.123. The molecular weight excluding hydrogens is 367 g/mol. The molecule has 0 radical (unpaired) electrons. The lowest BCUT2D eigenvalue weighted by molar-refractivity contribution is 0.112. The first-order valence-electron chi connectivity index (χ1n) is 8.04. The van der Waals surface area contributed by atoms with E-state index in [1.807, 2.05) is 0 Å². The summed E-state index contributed by atoms with van der Waals surface area (Å²) in [6, 6.07) is 21.6. The summed E-state index contributed by atoms with van der Waals surface area (Å²) in [5.74, 6) is 0.993. The zero-order valence-electron chi connectivity index (χ0n) is 14.5. The molecule has 0 aliphatic rings. The van der Waals surface area contributed by atoms with Gasteiger partial charge in [-0.1, -0.05) is 36.4 Å². The lowest BCUT2D eigenvalue weighted by Crippen LogP contribution is -2.08. The predicted molar refractivity (Wildman–Crippen MR) is 101 cm³/mol. The Morgan fingerprint density at radius 2 is 1.30 bits per heavy atom. The zero-order valence-corrected chi connectivity index (χ0v) is 15.4. The fourth-order valence-corrected chi connectivity index (χ4v) is 3.49. The van der Waals surface area contributed by atoms with Gasteiger partial charge < -0.3 is 18.3 Å². The molecule has 0 fully saturated rings. The van der Waals surface area contributed by atoms with Crippen LogP contribution in [0, 0.1) is 0 Å². The minimum Gasteiger partial charge on any atom is -0.493 e. The molecule has 0 bridgehead atoms. The number of hydrogen-bond acceptors (Lipinski definition) is 6. The van der Waals surface area contributed by atoms with E-state index >= 15 is 0 Å². The van der Waals surface area contributed by atoms with Crippen LogP contribution in [0.3, 0.4) is 0 Å². The number of rotatable bonds is 8. The molecule has 0 heterocycles. The molecule has 3 aromatic rings. The van der Waals surface area contributed by atoms with Crippen LogP contribution in [0.15, 0.2) is 78.9 Å². The number of para-hydroxylation sites is 2.